The van der Waals surface area contributed by atoms with Gasteiger partial charge in [-0.3, -0.25) is 9.59 Å². The number of nitrogens with one attached hydrogen (secondary N) is 1. The number of carboxylic acids is 1. The van der Waals surface area contributed by atoms with Crippen LogP contribution in [-0.2, 0) is 4.79 Å². The summed E-state index contributed by atoms with van der Waals surface area (Å²) in [6, 6.07) is 10.7. The van der Waals surface area contributed by atoms with Crippen molar-refractivity contribution in [1.29, 1.82) is 0 Å². The van der Waals surface area contributed by atoms with E-state index in [1.165, 1.54) is 11.3 Å². The van der Waals surface area contributed by atoms with Gasteiger partial charge in [0.05, 0.1) is 22.6 Å². The molecule has 1 aromatic heterocycles. The number of thiophene rings is 1. The zero-order valence-electron chi connectivity index (χ0n) is 11.5. The highest BCUT2D eigenvalue weighted by atomic mass is 79.9. The van der Waals surface area contributed by atoms with Crippen LogP contribution < -0.4 is 5.43 Å². The Bertz CT molecular complexity index is 699. The molecule has 2 aromatic rings. The molecule has 5 nitrogen and oxygen atoms in total. The number of carbonyl (C=O) groups is 2. The SMILES string of the molecule is O=C(O)CCC(=NNC(=O)c1ccccc1Br)c1cccs1. The summed E-state index contributed by atoms with van der Waals surface area (Å²) in [6.45, 7) is 0. The number of carbonyl (C=O) groups excluding carboxylic acids is 1. The van der Waals surface area contributed by atoms with Crippen LogP contribution in [-0.4, -0.2) is 22.7 Å². The minimum Gasteiger partial charge on any atom is -0.481 e. The average Bonchev–Trinajstić information content (AvgIpc) is 3.01. The zero-order chi connectivity index (χ0) is 15.9. The second-order valence-corrected chi connectivity index (χ2v) is 6.15. The van der Waals surface area contributed by atoms with E-state index in [0.717, 1.165) is 4.88 Å². The number of benzene rings is 1. The van der Waals surface area contributed by atoms with E-state index in [2.05, 4.69) is 26.5 Å². The van der Waals surface area contributed by atoms with E-state index in [9.17, 15) is 9.59 Å². The first-order valence-electron chi connectivity index (χ1n) is 6.45. The average molecular weight is 381 g/mol. The molecular formula is C15H13BrN2O3S. The Morgan fingerprint density at radius 3 is 2.59 bits per heavy atom. The van der Waals surface area contributed by atoms with Gasteiger partial charge >= 0.3 is 5.97 Å². The van der Waals surface area contributed by atoms with Crippen LogP contribution in [0.5, 0.6) is 0 Å². The summed E-state index contributed by atoms with van der Waals surface area (Å²) in [5.41, 5.74) is 3.51. The molecule has 2 rings (SSSR count). The van der Waals surface area contributed by atoms with Crippen molar-refractivity contribution in [1.82, 2.24) is 5.43 Å². The van der Waals surface area contributed by atoms with Crippen LogP contribution in [0.1, 0.15) is 28.1 Å². The molecule has 7 heteroatoms. The molecule has 0 unspecified atom stereocenters. The monoisotopic (exact) mass is 380 g/mol. The van der Waals surface area contributed by atoms with Crippen molar-refractivity contribution >= 4 is 44.9 Å². The fourth-order valence-electron chi connectivity index (χ4n) is 1.73. The summed E-state index contributed by atoms with van der Waals surface area (Å²) in [6.07, 6.45) is 0.216. The van der Waals surface area contributed by atoms with Crippen molar-refractivity contribution in [2.24, 2.45) is 5.10 Å². The lowest BCUT2D eigenvalue weighted by Gasteiger charge is -2.05. The molecule has 0 radical (unpaired) electrons. The predicted octanol–water partition coefficient (Wildman–Crippen LogP) is 3.51. The van der Waals surface area contributed by atoms with E-state index >= 15 is 0 Å². The molecule has 0 aliphatic rings. The first-order chi connectivity index (χ1) is 10.6. The Hall–Kier alpha value is -1.99. The van der Waals surface area contributed by atoms with Gasteiger partial charge in [-0.15, -0.1) is 11.3 Å². The van der Waals surface area contributed by atoms with Crippen molar-refractivity contribution in [3.05, 3.63) is 56.7 Å². The molecule has 22 heavy (non-hydrogen) atoms. The normalized spacial score (nSPS) is 11.2. The third-order valence-corrected chi connectivity index (χ3v) is 4.40. The third-order valence-electron chi connectivity index (χ3n) is 2.79. The maximum atomic E-state index is 12.1. The lowest BCUT2D eigenvalue weighted by atomic mass is 10.2. The highest BCUT2D eigenvalue weighted by Crippen LogP contribution is 2.16. The quantitative estimate of drug-likeness (QED) is 0.594. The molecule has 0 spiro atoms. The fraction of sp³-hybridized carbons (Fsp3) is 0.133. The van der Waals surface area contributed by atoms with Gasteiger partial charge < -0.3 is 5.11 Å². The van der Waals surface area contributed by atoms with E-state index in [1.807, 2.05) is 23.6 Å². The largest absolute Gasteiger partial charge is 0.481 e. The molecule has 0 aliphatic carbocycles. The molecule has 1 amide bonds. The zero-order valence-corrected chi connectivity index (χ0v) is 13.9. The fourth-order valence-corrected chi connectivity index (χ4v) is 2.94. The summed E-state index contributed by atoms with van der Waals surface area (Å²) >= 11 is 4.76. The van der Waals surface area contributed by atoms with Gasteiger partial charge in [0.1, 0.15) is 0 Å². The smallest absolute Gasteiger partial charge is 0.303 e. The van der Waals surface area contributed by atoms with Crippen molar-refractivity contribution in [2.45, 2.75) is 12.8 Å². The van der Waals surface area contributed by atoms with Crippen LogP contribution in [0, 0.1) is 0 Å². The molecule has 1 heterocycles. The van der Waals surface area contributed by atoms with Gasteiger partial charge in [0, 0.05) is 10.9 Å². The second-order valence-electron chi connectivity index (χ2n) is 4.35. The van der Waals surface area contributed by atoms with Gasteiger partial charge in [-0.25, -0.2) is 5.43 Å². The van der Waals surface area contributed by atoms with E-state index in [-0.39, 0.29) is 18.7 Å². The van der Waals surface area contributed by atoms with E-state index in [1.54, 1.807) is 18.2 Å². The molecule has 1 aromatic carbocycles. The van der Waals surface area contributed by atoms with Crippen LogP contribution in [0.4, 0.5) is 0 Å². The second kappa shape index (κ2) is 7.86. The number of aliphatic carboxylic acids is 1. The number of hydrogen-bond donors (Lipinski definition) is 2. The van der Waals surface area contributed by atoms with Crippen LogP contribution in [0.15, 0.2) is 51.4 Å². The molecule has 0 saturated heterocycles. The van der Waals surface area contributed by atoms with Crippen molar-refractivity contribution in [2.75, 3.05) is 0 Å². The van der Waals surface area contributed by atoms with Gasteiger partial charge in [-0.1, -0.05) is 18.2 Å². The highest BCUT2D eigenvalue weighted by Gasteiger charge is 2.11. The summed E-state index contributed by atoms with van der Waals surface area (Å²) in [5, 5.41) is 14.8. The molecular weight excluding hydrogens is 368 g/mol. The Labute approximate surface area is 139 Å². The standard InChI is InChI=1S/C15H13BrN2O3S/c16-11-5-2-1-4-10(11)15(21)18-17-12(7-8-14(19)20)13-6-3-9-22-13/h1-6,9H,7-8H2,(H,18,21)(H,19,20). The Kier molecular flexibility index (Phi) is 5.85. The number of hydrogen-bond acceptors (Lipinski definition) is 4. The molecule has 114 valence electrons. The minimum absolute atomic E-state index is 0.0400. The first-order valence-corrected chi connectivity index (χ1v) is 8.12. The van der Waals surface area contributed by atoms with Crippen LogP contribution >= 0.6 is 27.3 Å². The van der Waals surface area contributed by atoms with Gasteiger partial charge in [0.15, 0.2) is 0 Å². The van der Waals surface area contributed by atoms with Gasteiger partial charge in [0.25, 0.3) is 5.91 Å². The summed E-state index contributed by atoms with van der Waals surface area (Å²) in [5.74, 6) is -1.25. The maximum absolute atomic E-state index is 12.1. The molecule has 0 bridgehead atoms. The molecule has 0 saturated carbocycles. The number of carboxylic acid groups (broad SMARTS) is 1. The van der Waals surface area contributed by atoms with E-state index < -0.39 is 5.97 Å². The van der Waals surface area contributed by atoms with Crippen molar-refractivity contribution < 1.29 is 14.7 Å². The lowest BCUT2D eigenvalue weighted by molar-refractivity contribution is -0.136. The molecule has 0 atom stereocenters. The third kappa shape index (κ3) is 4.51. The molecule has 2 N–H and O–H groups in total. The molecule has 0 aliphatic heterocycles. The lowest BCUT2D eigenvalue weighted by Crippen LogP contribution is -2.20. The number of hydrazone groups is 1. The number of rotatable bonds is 6. The van der Waals surface area contributed by atoms with Crippen LogP contribution in [0.25, 0.3) is 0 Å². The van der Waals surface area contributed by atoms with Gasteiger partial charge in [-0.05, 0) is 39.5 Å². The van der Waals surface area contributed by atoms with Crippen LogP contribution in [0.3, 0.4) is 0 Å². The summed E-state index contributed by atoms with van der Waals surface area (Å²) < 4.78 is 0.672. The Morgan fingerprint density at radius 1 is 1.18 bits per heavy atom. The Morgan fingerprint density at radius 2 is 1.95 bits per heavy atom. The number of nitrogens with zero attached hydrogens (tertiary/aromatic N) is 1. The van der Waals surface area contributed by atoms with Crippen LogP contribution in [0.2, 0.25) is 0 Å². The Balaban J connectivity index is 2.14. The van der Waals surface area contributed by atoms with Crippen molar-refractivity contribution in [3.63, 3.8) is 0 Å². The maximum Gasteiger partial charge on any atom is 0.303 e. The number of amides is 1. The highest BCUT2D eigenvalue weighted by molar-refractivity contribution is 9.10. The van der Waals surface area contributed by atoms with E-state index in [0.29, 0.717) is 15.7 Å². The first kappa shape index (κ1) is 16.4. The number of halogens is 1. The minimum atomic E-state index is -0.901. The summed E-state index contributed by atoms with van der Waals surface area (Å²) in [4.78, 5) is 23.7. The van der Waals surface area contributed by atoms with Gasteiger partial charge in [0.2, 0.25) is 0 Å². The molecule has 0 fully saturated rings. The topological polar surface area (TPSA) is 78.8 Å². The van der Waals surface area contributed by atoms with E-state index in [4.69, 9.17) is 5.11 Å². The van der Waals surface area contributed by atoms with Gasteiger partial charge in [-0.2, -0.15) is 5.10 Å². The summed E-state index contributed by atoms with van der Waals surface area (Å²) in [7, 11) is 0. The van der Waals surface area contributed by atoms with Crippen molar-refractivity contribution in [3.8, 4) is 0 Å². The predicted molar refractivity (Wildman–Crippen MR) is 89.3 cm³/mol.